The van der Waals surface area contributed by atoms with Crippen molar-refractivity contribution in [2.45, 2.75) is 64.1 Å². The minimum atomic E-state index is -1.95. The van der Waals surface area contributed by atoms with Crippen LogP contribution in [0.1, 0.15) is 46.0 Å². The third-order valence-electron chi connectivity index (χ3n) is 3.53. The second kappa shape index (κ2) is 11.1. The first-order valence-corrected chi connectivity index (χ1v) is 9.70. The Kier molecular flexibility index (Phi) is 10.7. The number of carbonyl (C=O) groups excluding carboxylic acids is 1. The molecule has 20 heavy (non-hydrogen) atoms. The van der Waals surface area contributed by atoms with Crippen molar-refractivity contribution < 1.29 is 18.4 Å². The summed E-state index contributed by atoms with van der Waals surface area (Å²) in [5.41, 5.74) is 0. The van der Waals surface area contributed by atoms with E-state index in [9.17, 15) is 4.79 Å². The van der Waals surface area contributed by atoms with Crippen LogP contribution in [0.25, 0.3) is 0 Å². The summed E-state index contributed by atoms with van der Waals surface area (Å²) in [4.78, 5) is 11.0. The van der Waals surface area contributed by atoms with Crippen molar-refractivity contribution in [3.63, 3.8) is 0 Å². The monoisotopic (exact) mass is 302 g/mol. The highest BCUT2D eigenvalue weighted by atomic mass is 28.4. The van der Waals surface area contributed by atoms with E-state index in [0.29, 0.717) is 0 Å². The lowest BCUT2D eigenvalue weighted by molar-refractivity contribution is -0.142. The number of hydrogen-bond acceptors (Lipinski definition) is 4. The fourth-order valence-electron chi connectivity index (χ4n) is 2.31. The van der Waals surface area contributed by atoms with Gasteiger partial charge in [-0.3, -0.25) is 0 Å². The van der Waals surface area contributed by atoms with Gasteiger partial charge in [-0.2, -0.15) is 0 Å². The van der Waals surface area contributed by atoms with Crippen molar-refractivity contribution in [1.29, 1.82) is 0 Å². The summed E-state index contributed by atoms with van der Waals surface area (Å²) < 4.78 is 16.4. The summed E-state index contributed by atoms with van der Waals surface area (Å²) >= 11 is 0. The molecule has 0 aromatic heterocycles. The number of esters is 1. The van der Waals surface area contributed by atoms with Crippen LogP contribution in [0.5, 0.6) is 0 Å². The lowest BCUT2D eigenvalue weighted by Gasteiger charge is -2.27. The summed E-state index contributed by atoms with van der Waals surface area (Å²) in [6.45, 7) is 7.47. The minimum absolute atomic E-state index is 0.0389. The van der Waals surface area contributed by atoms with Crippen LogP contribution >= 0.6 is 0 Å². The minimum Gasteiger partial charge on any atom is -0.460 e. The zero-order valence-electron chi connectivity index (χ0n) is 13.4. The smallest absolute Gasteiger partial charge is 0.337 e. The fourth-order valence-corrected chi connectivity index (χ4v) is 5.09. The summed E-state index contributed by atoms with van der Waals surface area (Å²) in [5.74, 6) is -0.342. The van der Waals surface area contributed by atoms with Crippen LogP contribution < -0.4 is 0 Å². The highest BCUT2D eigenvalue weighted by Crippen LogP contribution is 2.23. The molecule has 0 N–H and O–H groups in total. The van der Waals surface area contributed by atoms with Crippen molar-refractivity contribution >= 4 is 14.5 Å². The molecular formula is C15H30O4Si. The quantitative estimate of drug-likeness (QED) is 0.238. The van der Waals surface area contributed by atoms with Gasteiger partial charge in [0.1, 0.15) is 0 Å². The second-order valence-electron chi connectivity index (χ2n) is 5.12. The van der Waals surface area contributed by atoms with Crippen molar-refractivity contribution in [3.8, 4) is 0 Å². The third-order valence-corrected chi connectivity index (χ3v) is 7.39. The van der Waals surface area contributed by atoms with Gasteiger partial charge < -0.3 is 13.6 Å². The Bertz CT molecular complexity index is 277. The van der Waals surface area contributed by atoms with E-state index < -0.39 is 8.56 Å². The molecule has 0 aliphatic heterocycles. The average Bonchev–Trinajstić information content (AvgIpc) is 2.45. The summed E-state index contributed by atoms with van der Waals surface area (Å²) in [7, 11) is 1.58. The largest absolute Gasteiger partial charge is 0.460 e. The van der Waals surface area contributed by atoms with Crippen LogP contribution in [-0.4, -0.2) is 34.9 Å². The molecular weight excluding hydrogens is 272 g/mol. The number of carbonyl (C=O) groups is 1. The molecule has 0 saturated heterocycles. The van der Waals surface area contributed by atoms with Gasteiger partial charge in [-0.15, -0.1) is 0 Å². The van der Waals surface area contributed by atoms with Crippen LogP contribution in [-0.2, 0) is 18.4 Å². The predicted molar refractivity (Wildman–Crippen MR) is 83.9 cm³/mol. The van der Waals surface area contributed by atoms with Crippen LogP contribution in [0, 0.1) is 0 Å². The Hall–Kier alpha value is -0.653. The Balaban J connectivity index is 3.83. The van der Waals surface area contributed by atoms with E-state index in [0.717, 1.165) is 44.2 Å². The molecule has 0 aromatic carbocycles. The van der Waals surface area contributed by atoms with Gasteiger partial charge in [0.25, 0.3) is 0 Å². The molecule has 0 bridgehead atoms. The van der Waals surface area contributed by atoms with Gasteiger partial charge in [-0.1, -0.05) is 32.8 Å². The molecule has 1 unspecified atom stereocenters. The van der Waals surface area contributed by atoms with Crippen molar-refractivity contribution in [3.05, 3.63) is 12.7 Å². The Morgan fingerprint density at radius 3 is 2.35 bits per heavy atom. The molecule has 0 heterocycles. The van der Waals surface area contributed by atoms with Crippen LogP contribution in [0.3, 0.4) is 0 Å². The molecule has 0 fully saturated rings. The van der Waals surface area contributed by atoms with Crippen LogP contribution in [0.2, 0.25) is 12.1 Å². The maximum Gasteiger partial charge on any atom is 0.337 e. The highest BCUT2D eigenvalue weighted by molar-refractivity contribution is 6.67. The van der Waals surface area contributed by atoms with Gasteiger partial charge in [0.05, 0.1) is 6.10 Å². The molecule has 4 nitrogen and oxygen atoms in total. The standard InChI is InChI=1S/C15H30O4Si/c1-6-12-20(17-4,18-5)13-10-8-9-11-14(3)19-15(16)7-2/h7,14H,2,6,8-13H2,1,3-5H3. The molecule has 0 rings (SSSR count). The van der Waals surface area contributed by atoms with E-state index >= 15 is 0 Å². The summed E-state index contributed by atoms with van der Waals surface area (Å²) in [5, 5.41) is 0. The van der Waals surface area contributed by atoms with E-state index in [2.05, 4.69) is 13.5 Å². The van der Waals surface area contributed by atoms with E-state index in [-0.39, 0.29) is 12.1 Å². The van der Waals surface area contributed by atoms with Gasteiger partial charge >= 0.3 is 14.5 Å². The average molecular weight is 302 g/mol. The SMILES string of the molecule is C=CC(=O)OC(C)CCCCC[Si](CCC)(OC)OC. The zero-order chi connectivity index (χ0) is 15.4. The first kappa shape index (κ1) is 19.3. The van der Waals surface area contributed by atoms with Gasteiger partial charge in [0, 0.05) is 20.3 Å². The third kappa shape index (κ3) is 7.82. The first-order valence-electron chi connectivity index (χ1n) is 7.47. The second-order valence-corrected chi connectivity index (χ2v) is 8.76. The first-order chi connectivity index (χ1) is 9.53. The Morgan fingerprint density at radius 2 is 1.85 bits per heavy atom. The molecule has 0 aromatic rings. The van der Waals surface area contributed by atoms with Gasteiger partial charge in [0.15, 0.2) is 0 Å². The van der Waals surface area contributed by atoms with Crippen molar-refractivity contribution in [2.24, 2.45) is 0 Å². The van der Waals surface area contributed by atoms with Crippen molar-refractivity contribution in [1.82, 2.24) is 0 Å². The highest BCUT2D eigenvalue weighted by Gasteiger charge is 2.33. The topological polar surface area (TPSA) is 44.8 Å². The Morgan fingerprint density at radius 1 is 1.20 bits per heavy atom. The van der Waals surface area contributed by atoms with Crippen LogP contribution in [0.4, 0.5) is 0 Å². The summed E-state index contributed by atoms with van der Waals surface area (Å²) in [6.07, 6.45) is 6.43. The van der Waals surface area contributed by atoms with E-state index in [1.807, 2.05) is 6.92 Å². The summed E-state index contributed by atoms with van der Waals surface area (Å²) in [6, 6.07) is 2.09. The predicted octanol–water partition coefficient (Wildman–Crippen LogP) is 3.81. The van der Waals surface area contributed by atoms with Crippen molar-refractivity contribution in [2.75, 3.05) is 14.2 Å². The molecule has 0 spiro atoms. The lowest BCUT2D eigenvalue weighted by Crippen LogP contribution is -2.39. The fraction of sp³-hybridized carbons (Fsp3) is 0.800. The molecule has 0 aliphatic carbocycles. The molecule has 0 saturated carbocycles. The van der Waals surface area contributed by atoms with Crippen LogP contribution in [0.15, 0.2) is 12.7 Å². The maximum atomic E-state index is 11.0. The normalized spacial score (nSPS) is 13.0. The number of hydrogen-bond donors (Lipinski definition) is 0. The van der Waals surface area contributed by atoms with Gasteiger partial charge in [0.2, 0.25) is 0 Å². The molecule has 0 aliphatic rings. The van der Waals surface area contributed by atoms with Gasteiger partial charge in [-0.25, -0.2) is 4.79 Å². The molecule has 0 amide bonds. The molecule has 118 valence electrons. The zero-order valence-corrected chi connectivity index (χ0v) is 14.4. The molecule has 1 atom stereocenters. The molecule has 5 heteroatoms. The number of rotatable bonds is 12. The van der Waals surface area contributed by atoms with E-state index in [1.54, 1.807) is 14.2 Å². The van der Waals surface area contributed by atoms with E-state index in [4.69, 9.17) is 13.6 Å². The maximum absolute atomic E-state index is 11.0. The molecule has 0 radical (unpaired) electrons. The van der Waals surface area contributed by atoms with Gasteiger partial charge in [-0.05, 0) is 31.9 Å². The lowest BCUT2D eigenvalue weighted by atomic mass is 10.1. The Labute approximate surface area is 124 Å². The number of ether oxygens (including phenoxy) is 1. The van der Waals surface area contributed by atoms with E-state index in [1.165, 1.54) is 6.08 Å². The number of unbranched alkanes of at least 4 members (excludes halogenated alkanes) is 2.